The van der Waals surface area contributed by atoms with E-state index < -0.39 is 23.6 Å². The van der Waals surface area contributed by atoms with Gasteiger partial charge in [-0.1, -0.05) is 35.3 Å². The molecule has 0 spiro atoms. The Balaban J connectivity index is 1.53. The van der Waals surface area contributed by atoms with Crippen LogP contribution in [-0.4, -0.2) is 53.8 Å². The SMILES string of the molecule is CNC(=O)c1cc(Cl)cc(C)c1NC(=O)c1cc(Cn2nnnc2-c2ccc(C(F)(F)F)cc2)nn1-c1ncccc1Cl. The highest BCUT2D eigenvalue weighted by atomic mass is 35.5. The number of hydrogen-bond donors (Lipinski definition) is 2. The summed E-state index contributed by atoms with van der Waals surface area (Å²) in [5, 5.41) is 21.9. The lowest BCUT2D eigenvalue weighted by Gasteiger charge is -2.14. The fraction of sp³-hybridized carbons (Fsp3) is 0.148. The molecular weight excluding hydrogens is 610 g/mol. The molecule has 0 saturated carbocycles. The standard InChI is InChI=1S/C27H20Cl2F3N9O2/c1-14-10-17(28)11-19(25(42)33-2)22(14)35-26(43)21-12-18(37-41(21)24-20(29)4-3-9-34-24)13-40-23(36-38-39-40)15-5-7-16(8-6-15)27(30,31)32/h3-12H,13H2,1-2H3,(H,33,42)(H,35,43). The maximum absolute atomic E-state index is 13.7. The van der Waals surface area contributed by atoms with Crippen LogP contribution < -0.4 is 10.6 Å². The van der Waals surface area contributed by atoms with E-state index in [9.17, 15) is 22.8 Å². The van der Waals surface area contributed by atoms with Gasteiger partial charge in [-0.05, 0) is 65.4 Å². The summed E-state index contributed by atoms with van der Waals surface area (Å²) in [5.74, 6) is -0.773. The summed E-state index contributed by atoms with van der Waals surface area (Å²) in [6.45, 7) is 1.62. The number of alkyl halides is 3. The number of anilines is 1. The molecule has 0 fully saturated rings. The monoisotopic (exact) mass is 629 g/mol. The Morgan fingerprint density at radius 3 is 2.44 bits per heavy atom. The second kappa shape index (κ2) is 11.8. The fourth-order valence-corrected chi connectivity index (χ4v) is 4.72. The minimum Gasteiger partial charge on any atom is -0.355 e. The molecule has 0 atom stereocenters. The summed E-state index contributed by atoms with van der Waals surface area (Å²) < 4.78 is 41.7. The zero-order valence-corrected chi connectivity index (χ0v) is 23.8. The third-order valence-electron chi connectivity index (χ3n) is 6.26. The molecule has 0 aliphatic carbocycles. The number of tetrazole rings is 1. The first kappa shape index (κ1) is 29.7. The maximum Gasteiger partial charge on any atom is 0.416 e. The number of halogens is 5. The van der Waals surface area contributed by atoms with Crippen molar-refractivity contribution in [2.24, 2.45) is 0 Å². The van der Waals surface area contributed by atoms with Crippen molar-refractivity contribution in [1.29, 1.82) is 0 Å². The number of aryl methyl sites for hydroxylation is 1. The molecule has 5 aromatic rings. The summed E-state index contributed by atoms with van der Waals surface area (Å²) in [6, 6.07) is 12.1. The third-order valence-corrected chi connectivity index (χ3v) is 6.77. The zero-order valence-electron chi connectivity index (χ0n) is 22.3. The van der Waals surface area contributed by atoms with Crippen LogP contribution in [0.15, 0.2) is 60.8 Å². The van der Waals surface area contributed by atoms with Crippen molar-refractivity contribution < 1.29 is 22.8 Å². The molecule has 0 aliphatic rings. The predicted octanol–water partition coefficient (Wildman–Crippen LogP) is 5.22. The molecule has 16 heteroatoms. The predicted molar refractivity (Wildman–Crippen MR) is 151 cm³/mol. The molecule has 0 radical (unpaired) electrons. The number of nitrogens with one attached hydrogen (secondary N) is 2. The molecule has 0 saturated heterocycles. The van der Waals surface area contributed by atoms with Crippen LogP contribution in [-0.2, 0) is 12.7 Å². The van der Waals surface area contributed by atoms with Gasteiger partial charge in [0.15, 0.2) is 11.6 Å². The first-order chi connectivity index (χ1) is 20.5. The van der Waals surface area contributed by atoms with Gasteiger partial charge >= 0.3 is 6.18 Å². The summed E-state index contributed by atoms with van der Waals surface area (Å²) in [5.41, 5.74) is 0.758. The number of rotatable bonds is 7. The number of benzene rings is 2. The lowest BCUT2D eigenvalue weighted by atomic mass is 10.1. The number of pyridine rings is 1. The second-order valence-corrected chi connectivity index (χ2v) is 10.00. The van der Waals surface area contributed by atoms with Gasteiger partial charge < -0.3 is 10.6 Å². The summed E-state index contributed by atoms with van der Waals surface area (Å²) >= 11 is 12.5. The van der Waals surface area contributed by atoms with E-state index in [1.807, 2.05) is 0 Å². The van der Waals surface area contributed by atoms with Crippen molar-refractivity contribution >= 4 is 40.7 Å². The van der Waals surface area contributed by atoms with E-state index in [-0.39, 0.29) is 40.2 Å². The first-order valence-electron chi connectivity index (χ1n) is 12.4. The quantitative estimate of drug-likeness (QED) is 0.252. The highest BCUT2D eigenvalue weighted by Gasteiger charge is 2.30. The average Bonchev–Trinajstić information content (AvgIpc) is 3.61. The summed E-state index contributed by atoms with van der Waals surface area (Å²) in [7, 11) is 1.45. The number of amides is 2. The number of aromatic nitrogens is 7. The van der Waals surface area contributed by atoms with Crippen molar-refractivity contribution in [3.63, 3.8) is 0 Å². The van der Waals surface area contributed by atoms with Crippen LogP contribution in [0, 0.1) is 6.92 Å². The summed E-state index contributed by atoms with van der Waals surface area (Å²) in [4.78, 5) is 30.5. The molecule has 0 bridgehead atoms. The Kier molecular flexibility index (Phi) is 8.15. The Morgan fingerprint density at radius 1 is 1.02 bits per heavy atom. The van der Waals surface area contributed by atoms with Crippen LogP contribution in [0.25, 0.3) is 17.2 Å². The molecule has 2 amide bonds. The lowest BCUT2D eigenvalue weighted by Crippen LogP contribution is -2.23. The molecule has 5 rings (SSSR count). The highest BCUT2D eigenvalue weighted by Crippen LogP contribution is 2.31. The molecule has 0 unspecified atom stereocenters. The van der Waals surface area contributed by atoms with Gasteiger partial charge in [0, 0.05) is 23.8 Å². The molecule has 43 heavy (non-hydrogen) atoms. The van der Waals surface area contributed by atoms with E-state index in [2.05, 4.69) is 36.2 Å². The van der Waals surface area contributed by atoms with Crippen molar-refractivity contribution in [2.45, 2.75) is 19.6 Å². The highest BCUT2D eigenvalue weighted by molar-refractivity contribution is 6.32. The van der Waals surface area contributed by atoms with E-state index in [1.165, 1.54) is 46.9 Å². The Hall–Kier alpha value is -4.82. The third kappa shape index (κ3) is 6.20. The molecule has 0 aliphatic heterocycles. The van der Waals surface area contributed by atoms with Crippen LogP contribution in [0.1, 0.15) is 37.7 Å². The van der Waals surface area contributed by atoms with Gasteiger partial charge in [-0.25, -0.2) is 14.3 Å². The molecule has 11 nitrogen and oxygen atoms in total. The van der Waals surface area contributed by atoms with Gasteiger partial charge in [0.1, 0.15) is 5.69 Å². The van der Waals surface area contributed by atoms with E-state index in [1.54, 1.807) is 25.1 Å². The number of nitrogens with zero attached hydrogens (tertiary/aromatic N) is 7. The van der Waals surface area contributed by atoms with Gasteiger partial charge in [-0.15, -0.1) is 5.10 Å². The van der Waals surface area contributed by atoms with Crippen molar-refractivity contribution in [2.75, 3.05) is 12.4 Å². The normalized spacial score (nSPS) is 11.4. The van der Waals surface area contributed by atoms with E-state index in [4.69, 9.17) is 23.2 Å². The topological polar surface area (TPSA) is 133 Å². The van der Waals surface area contributed by atoms with E-state index in [0.29, 0.717) is 21.8 Å². The minimum absolute atomic E-state index is 0.0111. The first-order valence-corrected chi connectivity index (χ1v) is 13.2. The van der Waals surface area contributed by atoms with Crippen molar-refractivity contribution in [3.05, 3.63) is 98.9 Å². The molecule has 3 aromatic heterocycles. The van der Waals surface area contributed by atoms with Gasteiger partial charge in [-0.2, -0.15) is 18.3 Å². The Bertz CT molecular complexity index is 1840. The van der Waals surface area contributed by atoms with E-state index in [0.717, 1.165) is 12.1 Å². The molecule has 2 N–H and O–H groups in total. The average molecular weight is 630 g/mol. The molecule has 2 aromatic carbocycles. The Labute approximate surface area is 251 Å². The largest absolute Gasteiger partial charge is 0.416 e. The minimum atomic E-state index is -4.49. The van der Waals surface area contributed by atoms with Crippen LogP contribution in [0.4, 0.5) is 18.9 Å². The fourth-order valence-electron chi connectivity index (χ4n) is 4.24. The zero-order chi connectivity index (χ0) is 30.9. The van der Waals surface area contributed by atoms with Crippen LogP contribution in [0.5, 0.6) is 0 Å². The van der Waals surface area contributed by atoms with Crippen molar-refractivity contribution in [3.8, 4) is 17.2 Å². The van der Waals surface area contributed by atoms with Crippen LogP contribution in [0.3, 0.4) is 0 Å². The number of carbonyl (C=O) groups is 2. The van der Waals surface area contributed by atoms with Gasteiger partial charge in [0.05, 0.1) is 34.1 Å². The lowest BCUT2D eigenvalue weighted by molar-refractivity contribution is -0.137. The smallest absolute Gasteiger partial charge is 0.355 e. The molecular formula is C27H20Cl2F3N9O2. The number of hydrogen-bond acceptors (Lipinski definition) is 7. The summed E-state index contributed by atoms with van der Waals surface area (Å²) in [6.07, 6.45) is -3.02. The molecule has 3 heterocycles. The van der Waals surface area contributed by atoms with Gasteiger partial charge in [0.25, 0.3) is 11.8 Å². The van der Waals surface area contributed by atoms with Gasteiger partial charge in [-0.3, -0.25) is 9.59 Å². The van der Waals surface area contributed by atoms with Crippen molar-refractivity contribution in [1.82, 2.24) is 40.3 Å². The molecule has 220 valence electrons. The second-order valence-electron chi connectivity index (χ2n) is 9.16. The van der Waals surface area contributed by atoms with E-state index >= 15 is 0 Å². The maximum atomic E-state index is 13.7. The number of carbonyl (C=O) groups excluding carboxylic acids is 2. The van der Waals surface area contributed by atoms with Crippen LogP contribution >= 0.6 is 23.2 Å². The Morgan fingerprint density at radius 2 is 1.77 bits per heavy atom. The van der Waals surface area contributed by atoms with Gasteiger partial charge in [0.2, 0.25) is 0 Å². The van der Waals surface area contributed by atoms with Crippen LogP contribution in [0.2, 0.25) is 10.0 Å².